The van der Waals surface area contributed by atoms with Crippen LogP contribution in [0.1, 0.15) is 62.7 Å². The van der Waals surface area contributed by atoms with Gasteiger partial charge in [0.1, 0.15) is 5.82 Å². The topological polar surface area (TPSA) is 69.5 Å². The Kier molecular flexibility index (Phi) is 7.12. The SMILES string of the molecule is CCCn1nc(Cc2ccc(OC)c(OC)c2)nc1C1CCCN(C(C)=O)CC1. The van der Waals surface area contributed by atoms with Crippen LogP contribution in [-0.4, -0.2) is 52.9 Å². The molecule has 2 aromatic rings. The van der Waals surface area contributed by atoms with E-state index in [0.717, 1.165) is 68.3 Å². The summed E-state index contributed by atoms with van der Waals surface area (Å²) < 4.78 is 12.8. The lowest BCUT2D eigenvalue weighted by molar-refractivity contribution is -0.128. The summed E-state index contributed by atoms with van der Waals surface area (Å²) in [6.07, 6.45) is 4.66. The number of nitrogens with zero attached hydrogens (tertiary/aromatic N) is 4. The zero-order chi connectivity index (χ0) is 20.8. The highest BCUT2D eigenvalue weighted by Gasteiger charge is 2.24. The number of amides is 1. The Morgan fingerprint density at radius 1 is 1.17 bits per heavy atom. The van der Waals surface area contributed by atoms with Crippen LogP contribution in [0.25, 0.3) is 0 Å². The Labute approximate surface area is 173 Å². The molecule has 0 aliphatic carbocycles. The van der Waals surface area contributed by atoms with Crippen LogP contribution < -0.4 is 9.47 Å². The lowest BCUT2D eigenvalue weighted by Crippen LogP contribution is -2.29. The van der Waals surface area contributed by atoms with Gasteiger partial charge in [-0.25, -0.2) is 9.67 Å². The fraction of sp³-hybridized carbons (Fsp3) is 0.591. The van der Waals surface area contributed by atoms with Crippen molar-refractivity contribution in [3.63, 3.8) is 0 Å². The molecule has 7 heteroatoms. The monoisotopic (exact) mass is 400 g/mol. The van der Waals surface area contributed by atoms with Gasteiger partial charge in [-0.15, -0.1) is 0 Å². The quantitative estimate of drug-likeness (QED) is 0.712. The zero-order valence-electron chi connectivity index (χ0n) is 18.0. The van der Waals surface area contributed by atoms with E-state index in [2.05, 4.69) is 11.6 Å². The molecule has 3 rings (SSSR count). The van der Waals surface area contributed by atoms with E-state index in [4.69, 9.17) is 19.6 Å². The van der Waals surface area contributed by atoms with Gasteiger partial charge in [-0.2, -0.15) is 5.10 Å². The average molecular weight is 401 g/mol. The third kappa shape index (κ3) is 5.08. The lowest BCUT2D eigenvalue weighted by atomic mass is 10.00. The summed E-state index contributed by atoms with van der Waals surface area (Å²) in [5.74, 6) is 3.83. The van der Waals surface area contributed by atoms with E-state index < -0.39 is 0 Å². The smallest absolute Gasteiger partial charge is 0.219 e. The molecule has 2 heterocycles. The van der Waals surface area contributed by atoms with Crippen molar-refractivity contribution in [2.75, 3.05) is 27.3 Å². The van der Waals surface area contributed by atoms with Crippen molar-refractivity contribution in [2.24, 2.45) is 0 Å². The molecule has 0 spiro atoms. The van der Waals surface area contributed by atoms with Crippen LogP contribution in [0, 0.1) is 0 Å². The molecular weight excluding hydrogens is 368 g/mol. The molecule has 0 radical (unpaired) electrons. The van der Waals surface area contributed by atoms with Gasteiger partial charge in [-0.3, -0.25) is 4.79 Å². The van der Waals surface area contributed by atoms with Crippen molar-refractivity contribution in [2.45, 2.75) is 58.4 Å². The van der Waals surface area contributed by atoms with Crippen LogP contribution in [0.15, 0.2) is 18.2 Å². The first-order chi connectivity index (χ1) is 14.0. The predicted molar refractivity (Wildman–Crippen MR) is 112 cm³/mol. The Morgan fingerprint density at radius 3 is 2.66 bits per heavy atom. The van der Waals surface area contributed by atoms with Gasteiger partial charge in [0.25, 0.3) is 0 Å². The van der Waals surface area contributed by atoms with Gasteiger partial charge < -0.3 is 14.4 Å². The number of aromatic nitrogens is 3. The Bertz CT molecular complexity index is 833. The Hall–Kier alpha value is -2.57. The molecule has 1 amide bonds. The highest BCUT2D eigenvalue weighted by atomic mass is 16.5. The lowest BCUT2D eigenvalue weighted by Gasteiger charge is -2.18. The highest BCUT2D eigenvalue weighted by molar-refractivity contribution is 5.73. The zero-order valence-corrected chi connectivity index (χ0v) is 18.0. The maximum Gasteiger partial charge on any atom is 0.219 e. The minimum atomic E-state index is 0.162. The van der Waals surface area contributed by atoms with Crippen molar-refractivity contribution in [3.05, 3.63) is 35.4 Å². The van der Waals surface area contributed by atoms with E-state index >= 15 is 0 Å². The predicted octanol–water partition coefficient (Wildman–Crippen LogP) is 3.41. The molecule has 1 unspecified atom stereocenters. The van der Waals surface area contributed by atoms with Gasteiger partial charge in [0.05, 0.1) is 14.2 Å². The molecule has 1 aliphatic heterocycles. The summed E-state index contributed by atoms with van der Waals surface area (Å²) in [5, 5.41) is 4.81. The number of benzene rings is 1. The number of carbonyl (C=O) groups excluding carboxylic acids is 1. The first-order valence-electron chi connectivity index (χ1n) is 10.5. The first-order valence-corrected chi connectivity index (χ1v) is 10.5. The molecule has 158 valence electrons. The van der Waals surface area contributed by atoms with Gasteiger partial charge >= 0.3 is 0 Å². The largest absolute Gasteiger partial charge is 0.493 e. The van der Waals surface area contributed by atoms with Gasteiger partial charge in [0.15, 0.2) is 17.3 Å². The second kappa shape index (κ2) is 9.76. The fourth-order valence-electron chi connectivity index (χ4n) is 4.00. The molecule has 1 atom stereocenters. The van der Waals surface area contributed by atoms with E-state index in [1.54, 1.807) is 21.1 Å². The molecule has 1 fully saturated rings. The van der Waals surface area contributed by atoms with Crippen molar-refractivity contribution in [1.29, 1.82) is 0 Å². The molecule has 0 saturated carbocycles. The summed E-state index contributed by atoms with van der Waals surface area (Å²) in [7, 11) is 3.28. The number of hydrogen-bond acceptors (Lipinski definition) is 5. The van der Waals surface area contributed by atoms with Crippen LogP contribution in [0.5, 0.6) is 11.5 Å². The van der Waals surface area contributed by atoms with E-state index in [1.807, 2.05) is 23.1 Å². The second-order valence-electron chi connectivity index (χ2n) is 7.61. The van der Waals surface area contributed by atoms with Crippen molar-refractivity contribution in [3.8, 4) is 11.5 Å². The van der Waals surface area contributed by atoms with Crippen LogP contribution in [0.3, 0.4) is 0 Å². The van der Waals surface area contributed by atoms with Gasteiger partial charge in [-0.05, 0) is 43.4 Å². The molecule has 0 bridgehead atoms. The summed E-state index contributed by atoms with van der Waals surface area (Å²) in [6.45, 7) is 6.31. The normalized spacial score (nSPS) is 17.1. The molecule has 29 heavy (non-hydrogen) atoms. The number of methoxy groups -OCH3 is 2. The fourth-order valence-corrected chi connectivity index (χ4v) is 4.00. The number of likely N-dealkylation sites (tertiary alicyclic amines) is 1. The third-order valence-corrected chi connectivity index (χ3v) is 5.53. The van der Waals surface area contributed by atoms with Crippen LogP contribution >= 0.6 is 0 Å². The first kappa shape index (κ1) is 21.1. The summed E-state index contributed by atoms with van der Waals surface area (Å²) >= 11 is 0. The summed E-state index contributed by atoms with van der Waals surface area (Å²) in [5.41, 5.74) is 1.09. The standard InChI is InChI=1S/C22H32N4O3/c1-5-11-26-22(18-7-6-12-25(13-10-18)16(2)27)23-21(24-26)15-17-8-9-19(28-3)20(14-17)29-4/h8-9,14,18H,5-7,10-13,15H2,1-4H3. The minimum Gasteiger partial charge on any atom is -0.493 e. The van der Waals surface area contributed by atoms with Crippen molar-refractivity contribution >= 4 is 5.91 Å². The minimum absolute atomic E-state index is 0.162. The Morgan fingerprint density at radius 2 is 1.97 bits per heavy atom. The van der Waals surface area contributed by atoms with Crippen molar-refractivity contribution < 1.29 is 14.3 Å². The van der Waals surface area contributed by atoms with E-state index in [1.165, 1.54) is 0 Å². The maximum absolute atomic E-state index is 11.7. The molecule has 1 saturated heterocycles. The molecule has 1 aromatic carbocycles. The van der Waals surface area contributed by atoms with Crippen molar-refractivity contribution in [1.82, 2.24) is 19.7 Å². The number of aryl methyl sites for hydroxylation is 1. The van der Waals surface area contributed by atoms with E-state index in [0.29, 0.717) is 18.1 Å². The number of carbonyl (C=O) groups is 1. The third-order valence-electron chi connectivity index (χ3n) is 5.53. The van der Waals surface area contributed by atoms with Gasteiger partial charge in [0.2, 0.25) is 5.91 Å². The van der Waals surface area contributed by atoms with Gasteiger partial charge in [-0.1, -0.05) is 13.0 Å². The number of rotatable bonds is 7. The molecule has 7 nitrogen and oxygen atoms in total. The van der Waals surface area contributed by atoms with Gasteiger partial charge in [0, 0.05) is 38.9 Å². The highest BCUT2D eigenvalue weighted by Crippen LogP contribution is 2.30. The van der Waals surface area contributed by atoms with Crippen LogP contribution in [0.4, 0.5) is 0 Å². The maximum atomic E-state index is 11.7. The molecule has 1 aromatic heterocycles. The van der Waals surface area contributed by atoms with E-state index in [-0.39, 0.29) is 5.91 Å². The summed E-state index contributed by atoms with van der Waals surface area (Å²) in [4.78, 5) is 18.6. The molecule has 1 aliphatic rings. The average Bonchev–Trinajstić information content (AvgIpc) is 2.94. The van der Waals surface area contributed by atoms with Crippen LogP contribution in [-0.2, 0) is 17.8 Å². The Balaban J connectivity index is 1.80. The number of ether oxygens (including phenoxy) is 2. The van der Waals surface area contributed by atoms with Crippen LogP contribution in [0.2, 0.25) is 0 Å². The summed E-state index contributed by atoms with van der Waals surface area (Å²) in [6, 6.07) is 5.92. The number of hydrogen-bond donors (Lipinski definition) is 0. The second-order valence-corrected chi connectivity index (χ2v) is 7.61. The molecular formula is C22H32N4O3. The van der Waals surface area contributed by atoms with E-state index in [9.17, 15) is 4.79 Å². The molecule has 0 N–H and O–H groups in total.